The summed E-state index contributed by atoms with van der Waals surface area (Å²) in [6.45, 7) is 9.92. The fraction of sp³-hybridized carbons (Fsp3) is 0.417. The minimum Gasteiger partial charge on any atom is -0.483 e. The van der Waals surface area contributed by atoms with Gasteiger partial charge in [-0.25, -0.2) is 0 Å². The van der Waals surface area contributed by atoms with Crippen LogP contribution >= 0.6 is 31.9 Å². The van der Waals surface area contributed by atoms with E-state index in [1.807, 2.05) is 56.3 Å². The van der Waals surface area contributed by atoms with E-state index in [2.05, 4.69) is 51.0 Å². The molecule has 7 heteroatoms. The van der Waals surface area contributed by atoms with Crippen LogP contribution in [0.2, 0.25) is 0 Å². The zero-order valence-corrected chi connectivity index (χ0v) is 21.8. The van der Waals surface area contributed by atoms with Gasteiger partial charge in [0.15, 0.2) is 6.61 Å². The maximum Gasteiger partial charge on any atom is 0.261 e. The molecular weight excluding hydrogens is 524 g/mol. The number of carbonyl (C=O) groups is 2. The lowest BCUT2D eigenvalue weighted by atomic mass is 10.0. The second-order valence-electron chi connectivity index (χ2n) is 8.12. The van der Waals surface area contributed by atoms with Crippen molar-refractivity contribution in [2.45, 2.75) is 59.2 Å². The molecule has 0 aliphatic rings. The Morgan fingerprint density at radius 3 is 2.32 bits per heavy atom. The van der Waals surface area contributed by atoms with Crippen LogP contribution in [-0.4, -0.2) is 35.4 Å². The Morgan fingerprint density at radius 2 is 1.74 bits per heavy atom. The zero-order chi connectivity index (χ0) is 23.1. The Labute approximate surface area is 201 Å². The normalized spacial score (nSPS) is 12.0. The second kappa shape index (κ2) is 11.7. The highest BCUT2D eigenvalue weighted by molar-refractivity contribution is 9.10. The fourth-order valence-electron chi connectivity index (χ4n) is 3.04. The molecule has 168 valence electrons. The van der Waals surface area contributed by atoms with Crippen LogP contribution in [0.1, 0.15) is 51.7 Å². The average molecular weight is 554 g/mol. The molecule has 31 heavy (non-hydrogen) atoms. The molecule has 1 N–H and O–H groups in total. The van der Waals surface area contributed by atoms with Crippen LogP contribution in [0.3, 0.4) is 0 Å². The predicted molar refractivity (Wildman–Crippen MR) is 131 cm³/mol. The number of benzene rings is 2. The van der Waals surface area contributed by atoms with Crippen LogP contribution in [0, 0.1) is 0 Å². The van der Waals surface area contributed by atoms with E-state index in [0.717, 1.165) is 14.5 Å². The third-order valence-electron chi connectivity index (χ3n) is 4.81. The van der Waals surface area contributed by atoms with Gasteiger partial charge >= 0.3 is 0 Å². The first-order valence-electron chi connectivity index (χ1n) is 10.3. The summed E-state index contributed by atoms with van der Waals surface area (Å²) in [7, 11) is 0. The summed E-state index contributed by atoms with van der Waals surface area (Å²) in [6, 6.07) is 12.9. The number of nitrogens with one attached hydrogen (secondary N) is 1. The molecule has 0 aromatic heterocycles. The van der Waals surface area contributed by atoms with Gasteiger partial charge in [0.2, 0.25) is 5.91 Å². The van der Waals surface area contributed by atoms with Crippen LogP contribution in [0.5, 0.6) is 5.75 Å². The number of halogens is 2. The molecule has 0 fully saturated rings. The molecule has 5 nitrogen and oxygen atoms in total. The van der Waals surface area contributed by atoms with Gasteiger partial charge in [-0.1, -0.05) is 48.0 Å². The number of ether oxygens (including phenoxy) is 1. The number of rotatable bonds is 9. The van der Waals surface area contributed by atoms with E-state index >= 15 is 0 Å². The van der Waals surface area contributed by atoms with E-state index in [9.17, 15) is 9.59 Å². The van der Waals surface area contributed by atoms with Gasteiger partial charge in [0.1, 0.15) is 11.8 Å². The lowest BCUT2D eigenvalue weighted by Gasteiger charge is -2.29. The molecular formula is C24H30Br2N2O3. The van der Waals surface area contributed by atoms with Crippen molar-refractivity contribution < 1.29 is 14.3 Å². The standard InChI is InChI=1S/C24H30Br2N2O3/c1-15(2)19-9-10-22(21(26)12-19)31-14-23(29)28(17(5)24(30)27-16(3)4)13-18-7-6-8-20(25)11-18/h6-12,15-17H,13-14H2,1-5H3,(H,27,30)/t17-/m1/s1. The number of hydrogen-bond donors (Lipinski definition) is 1. The van der Waals surface area contributed by atoms with Crippen LogP contribution in [0.15, 0.2) is 51.4 Å². The van der Waals surface area contributed by atoms with E-state index in [1.54, 1.807) is 11.8 Å². The summed E-state index contributed by atoms with van der Waals surface area (Å²) in [5.41, 5.74) is 2.11. The first kappa shape index (κ1) is 25.4. The zero-order valence-electron chi connectivity index (χ0n) is 18.6. The lowest BCUT2D eigenvalue weighted by Crippen LogP contribution is -2.50. The van der Waals surface area contributed by atoms with Crippen molar-refractivity contribution in [3.63, 3.8) is 0 Å². The van der Waals surface area contributed by atoms with E-state index in [0.29, 0.717) is 18.2 Å². The number of hydrogen-bond acceptors (Lipinski definition) is 3. The van der Waals surface area contributed by atoms with Gasteiger partial charge in [0.05, 0.1) is 4.47 Å². The minimum absolute atomic E-state index is 0.00977. The smallest absolute Gasteiger partial charge is 0.261 e. The highest BCUT2D eigenvalue weighted by Gasteiger charge is 2.27. The quantitative estimate of drug-likeness (QED) is 0.436. The molecule has 2 aromatic rings. The Balaban J connectivity index is 2.18. The highest BCUT2D eigenvalue weighted by atomic mass is 79.9. The Morgan fingerprint density at radius 1 is 1.03 bits per heavy atom. The van der Waals surface area contributed by atoms with Crippen molar-refractivity contribution in [1.29, 1.82) is 0 Å². The minimum atomic E-state index is -0.635. The van der Waals surface area contributed by atoms with Gasteiger partial charge in [-0.05, 0) is 78.0 Å². The van der Waals surface area contributed by atoms with Crippen LogP contribution in [-0.2, 0) is 16.1 Å². The number of nitrogens with zero attached hydrogens (tertiary/aromatic N) is 1. The first-order chi connectivity index (χ1) is 14.6. The summed E-state index contributed by atoms with van der Waals surface area (Å²) in [6.07, 6.45) is 0. The monoisotopic (exact) mass is 552 g/mol. The largest absolute Gasteiger partial charge is 0.483 e. The van der Waals surface area contributed by atoms with E-state index in [-0.39, 0.29) is 24.5 Å². The average Bonchev–Trinajstić information content (AvgIpc) is 2.69. The molecule has 0 unspecified atom stereocenters. The Bertz CT molecular complexity index is 915. The van der Waals surface area contributed by atoms with Gasteiger partial charge < -0.3 is 15.0 Å². The van der Waals surface area contributed by atoms with Crippen LogP contribution < -0.4 is 10.1 Å². The second-order valence-corrected chi connectivity index (χ2v) is 9.89. The SMILES string of the molecule is CC(C)NC(=O)[C@@H](C)N(Cc1cccc(Br)c1)C(=O)COc1ccc(C(C)C)cc1Br. The van der Waals surface area contributed by atoms with E-state index < -0.39 is 6.04 Å². The molecule has 0 bridgehead atoms. The molecule has 1 atom stereocenters. The van der Waals surface area contributed by atoms with E-state index in [4.69, 9.17) is 4.74 Å². The Kier molecular flexibility index (Phi) is 9.56. The van der Waals surface area contributed by atoms with Crippen molar-refractivity contribution in [2.75, 3.05) is 6.61 Å². The molecule has 0 saturated carbocycles. The molecule has 0 saturated heterocycles. The molecule has 0 radical (unpaired) electrons. The van der Waals surface area contributed by atoms with Gasteiger partial charge in [0.25, 0.3) is 5.91 Å². The van der Waals surface area contributed by atoms with Crippen molar-refractivity contribution in [3.05, 3.63) is 62.5 Å². The third-order valence-corrected chi connectivity index (χ3v) is 5.93. The summed E-state index contributed by atoms with van der Waals surface area (Å²) in [5.74, 6) is 0.541. The maximum atomic E-state index is 13.1. The maximum absolute atomic E-state index is 13.1. The third kappa shape index (κ3) is 7.65. The van der Waals surface area contributed by atoms with Gasteiger partial charge in [-0.3, -0.25) is 9.59 Å². The lowest BCUT2D eigenvalue weighted by molar-refractivity contribution is -0.142. The molecule has 2 amide bonds. The van der Waals surface area contributed by atoms with Crippen molar-refractivity contribution in [3.8, 4) is 5.75 Å². The van der Waals surface area contributed by atoms with Crippen molar-refractivity contribution in [1.82, 2.24) is 10.2 Å². The van der Waals surface area contributed by atoms with Crippen LogP contribution in [0.4, 0.5) is 0 Å². The van der Waals surface area contributed by atoms with Crippen molar-refractivity contribution in [2.24, 2.45) is 0 Å². The molecule has 0 spiro atoms. The molecule has 0 aliphatic heterocycles. The van der Waals surface area contributed by atoms with Crippen molar-refractivity contribution >= 4 is 43.7 Å². The number of carbonyl (C=O) groups excluding carboxylic acids is 2. The fourth-order valence-corrected chi connectivity index (χ4v) is 3.99. The Hall–Kier alpha value is -1.86. The molecule has 2 aromatic carbocycles. The summed E-state index contributed by atoms with van der Waals surface area (Å²) in [5, 5.41) is 2.88. The van der Waals surface area contributed by atoms with Gasteiger partial charge in [-0.15, -0.1) is 0 Å². The summed E-state index contributed by atoms with van der Waals surface area (Å²) in [4.78, 5) is 27.3. The van der Waals surface area contributed by atoms with Crippen LogP contribution in [0.25, 0.3) is 0 Å². The summed E-state index contributed by atoms with van der Waals surface area (Å²) >= 11 is 6.98. The van der Waals surface area contributed by atoms with E-state index in [1.165, 1.54) is 5.56 Å². The predicted octanol–water partition coefficient (Wildman–Crippen LogP) is 5.66. The van der Waals surface area contributed by atoms with Gasteiger partial charge in [0, 0.05) is 17.1 Å². The molecule has 2 rings (SSSR count). The first-order valence-corrected chi connectivity index (χ1v) is 11.9. The number of amides is 2. The topological polar surface area (TPSA) is 58.6 Å². The summed E-state index contributed by atoms with van der Waals surface area (Å²) < 4.78 is 7.53. The highest BCUT2D eigenvalue weighted by Crippen LogP contribution is 2.29. The van der Waals surface area contributed by atoms with Gasteiger partial charge in [-0.2, -0.15) is 0 Å². The molecule has 0 aliphatic carbocycles. The molecule has 0 heterocycles.